The van der Waals surface area contributed by atoms with Crippen LogP contribution in [0.2, 0.25) is 0 Å². The number of nitrogens with zero attached hydrogens (tertiary/aromatic N) is 2. The molecule has 20 heavy (non-hydrogen) atoms. The number of hydrogen-bond donors (Lipinski definition) is 0. The van der Waals surface area contributed by atoms with Crippen LogP contribution in [0.5, 0.6) is 5.75 Å². The van der Waals surface area contributed by atoms with E-state index < -0.39 is 0 Å². The van der Waals surface area contributed by atoms with Crippen LogP contribution < -0.4 is 4.74 Å². The molecule has 2 heterocycles. The third kappa shape index (κ3) is 2.67. The van der Waals surface area contributed by atoms with Crippen LogP contribution in [-0.2, 0) is 0 Å². The summed E-state index contributed by atoms with van der Waals surface area (Å²) >= 11 is 0. The van der Waals surface area contributed by atoms with E-state index in [2.05, 4.69) is 18.0 Å². The highest BCUT2D eigenvalue weighted by molar-refractivity contribution is 5.65. The second kappa shape index (κ2) is 6.24. The third-order valence-electron chi connectivity index (χ3n) is 3.04. The first-order valence-electron chi connectivity index (χ1n) is 6.86. The van der Waals surface area contributed by atoms with E-state index in [4.69, 9.17) is 4.74 Å². The molecule has 3 heteroatoms. The Balaban J connectivity index is 0.000000704. The number of ether oxygens (including phenoxy) is 1. The summed E-state index contributed by atoms with van der Waals surface area (Å²) in [6, 6.07) is 12.0. The van der Waals surface area contributed by atoms with Crippen LogP contribution in [0.1, 0.15) is 19.4 Å². The Kier molecular flexibility index (Phi) is 4.41. The average molecular weight is 268 g/mol. The van der Waals surface area contributed by atoms with Gasteiger partial charge < -0.3 is 9.14 Å². The van der Waals surface area contributed by atoms with Crippen LogP contribution in [0.25, 0.3) is 16.9 Å². The topological polar surface area (TPSA) is 26.5 Å². The molecule has 0 amide bonds. The van der Waals surface area contributed by atoms with Gasteiger partial charge in [0.25, 0.3) is 0 Å². The first kappa shape index (κ1) is 14.1. The lowest BCUT2D eigenvalue weighted by Gasteiger charge is -2.00. The van der Waals surface area contributed by atoms with Gasteiger partial charge in [0.15, 0.2) is 0 Å². The fourth-order valence-corrected chi connectivity index (χ4v) is 2.08. The lowest BCUT2D eigenvalue weighted by molar-refractivity contribution is 0.415. The van der Waals surface area contributed by atoms with E-state index in [-0.39, 0.29) is 0 Å². The van der Waals surface area contributed by atoms with Gasteiger partial charge in [-0.15, -0.1) is 0 Å². The highest BCUT2D eigenvalue weighted by Gasteiger charge is 2.06. The van der Waals surface area contributed by atoms with Crippen LogP contribution >= 0.6 is 0 Å². The number of benzene rings is 1. The predicted molar refractivity (Wildman–Crippen MR) is 83.3 cm³/mol. The molecule has 0 bridgehead atoms. The zero-order valence-corrected chi connectivity index (χ0v) is 12.4. The molecule has 0 unspecified atom stereocenters. The predicted octanol–water partition coefficient (Wildman–Crippen LogP) is 4.34. The van der Waals surface area contributed by atoms with Crippen molar-refractivity contribution < 1.29 is 4.74 Å². The number of hydrogen-bond acceptors (Lipinski definition) is 2. The van der Waals surface area contributed by atoms with Crippen molar-refractivity contribution in [2.45, 2.75) is 20.8 Å². The number of fused-ring (bicyclic) bond motifs is 1. The second-order valence-corrected chi connectivity index (χ2v) is 4.28. The fraction of sp³-hybridized carbons (Fsp3) is 0.235. The zero-order chi connectivity index (χ0) is 14.5. The van der Waals surface area contributed by atoms with Gasteiger partial charge in [0.05, 0.1) is 12.8 Å². The van der Waals surface area contributed by atoms with Gasteiger partial charge in [-0.05, 0) is 30.7 Å². The van der Waals surface area contributed by atoms with Crippen LogP contribution in [0.4, 0.5) is 0 Å². The SMILES string of the molecule is CC.COc1cccc(-c2cn3cccc(C)c3n2)c1. The largest absolute Gasteiger partial charge is 0.497 e. The van der Waals surface area contributed by atoms with Gasteiger partial charge >= 0.3 is 0 Å². The van der Waals surface area contributed by atoms with Crippen molar-refractivity contribution in [3.8, 4) is 17.0 Å². The molecule has 2 aromatic heterocycles. The van der Waals surface area contributed by atoms with Crippen LogP contribution in [0.3, 0.4) is 0 Å². The summed E-state index contributed by atoms with van der Waals surface area (Å²) in [5.41, 5.74) is 4.20. The van der Waals surface area contributed by atoms with Crippen LogP contribution in [-0.4, -0.2) is 16.5 Å². The summed E-state index contributed by atoms with van der Waals surface area (Å²) in [7, 11) is 1.67. The minimum atomic E-state index is 0.848. The molecule has 3 rings (SSSR count). The maximum Gasteiger partial charge on any atom is 0.140 e. The molecule has 0 saturated heterocycles. The van der Waals surface area contributed by atoms with Gasteiger partial charge in [0.2, 0.25) is 0 Å². The van der Waals surface area contributed by atoms with Crippen molar-refractivity contribution >= 4 is 5.65 Å². The van der Waals surface area contributed by atoms with Gasteiger partial charge in [-0.1, -0.05) is 32.0 Å². The lowest BCUT2D eigenvalue weighted by Crippen LogP contribution is -1.84. The minimum absolute atomic E-state index is 0.848. The molecule has 0 aliphatic carbocycles. The Bertz CT molecular complexity index is 701. The van der Waals surface area contributed by atoms with Gasteiger partial charge in [0, 0.05) is 18.0 Å². The molecule has 104 valence electrons. The van der Waals surface area contributed by atoms with Gasteiger partial charge in [-0.2, -0.15) is 0 Å². The molecule has 3 nitrogen and oxygen atoms in total. The van der Waals surface area contributed by atoms with E-state index in [0.29, 0.717) is 0 Å². The Hall–Kier alpha value is -2.29. The molecule has 3 aromatic rings. The lowest BCUT2D eigenvalue weighted by atomic mass is 10.1. The van der Waals surface area contributed by atoms with Crippen molar-refractivity contribution in [3.05, 3.63) is 54.4 Å². The Labute approximate surface area is 119 Å². The van der Waals surface area contributed by atoms with Gasteiger partial charge in [-0.3, -0.25) is 0 Å². The highest BCUT2D eigenvalue weighted by Crippen LogP contribution is 2.24. The average Bonchev–Trinajstić information content (AvgIpc) is 2.95. The summed E-state index contributed by atoms with van der Waals surface area (Å²) < 4.78 is 7.29. The molecule has 0 atom stereocenters. The quantitative estimate of drug-likeness (QED) is 0.691. The normalized spacial score (nSPS) is 10.0. The molecular weight excluding hydrogens is 248 g/mol. The molecule has 0 fully saturated rings. The Morgan fingerprint density at radius 1 is 1.10 bits per heavy atom. The molecule has 0 aliphatic heterocycles. The molecule has 0 N–H and O–H groups in total. The molecule has 0 radical (unpaired) electrons. The first-order valence-corrected chi connectivity index (χ1v) is 6.86. The van der Waals surface area contributed by atoms with Crippen molar-refractivity contribution in [2.75, 3.05) is 7.11 Å². The molecule has 0 aliphatic rings. The Morgan fingerprint density at radius 3 is 2.60 bits per heavy atom. The minimum Gasteiger partial charge on any atom is -0.497 e. The third-order valence-corrected chi connectivity index (χ3v) is 3.04. The van der Waals surface area contributed by atoms with Crippen molar-refractivity contribution in [1.82, 2.24) is 9.38 Å². The van der Waals surface area contributed by atoms with Crippen LogP contribution in [0, 0.1) is 6.92 Å². The maximum atomic E-state index is 5.24. The summed E-state index contributed by atoms with van der Waals surface area (Å²) in [6.45, 7) is 6.07. The molecular formula is C17H20N2O. The first-order chi connectivity index (χ1) is 9.78. The van der Waals surface area contributed by atoms with Crippen molar-refractivity contribution in [2.24, 2.45) is 0 Å². The fourth-order valence-electron chi connectivity index (χ4n) is 2.08. The second-order valence-electron chi connectivity index (χ2n) is 4.28. The molecule has 1 aromatic carbocycles. The number of pyridine rings is 1. The molecule has 0 spiro atoms. The number of aromatic nitrogens is 2. The maximum absolute atomic E-state index is 5.24. The van der Waals surface area contributed by atoms with Crippen LogP contribution in [0.15, 0.2) is 48.8 Å². The van der Waals surface area contributed by atoms with E-state index in [0.717, 1.165) is 22.7 Å². The highest BCUT2D eigenvalue weighted by atomic mass is 16.5. The van der Waals surface area contributed by atoms with Crippen molar-refractivity contribution in [3.63, 3.8) is 0 Å². The van der Waals surface area contributed by atoms with E-state index >= 15 is 0 Å². The molecule has 0 saturated carbocycles. The van der Waals surface area contributed by atoms with Gasteiger partial charge in [0.1, 0.15) is 11.4 Å². The number of aryl methyl sites for hydroxylation is 1. The van der Waals surface area contributed by atoms with E-state index in [1.54, 1.807) is 7.11 Å². The number of rotatable bonds is 2. The Morgan fingerprint density at radius 2 is 1.90 bits per heavy atom. The van der Waals surface area contributed by atoms with Gasteiger partial charge in [-0.25, -0.2) is 4.98 Å². The summed E-state index contributed by atoms with van der Waals surface area (Å²) in [6.07, 6.45) is 4.05. The van der Waals surface area contributed by atoms with Crippen molar-refractivity contribution in [1.29, 1.82) is 0 Å². The summed E-state index contributed by atoms with van der Waals surface area (Å²) in [4.78, 5) is 4.67. The standard InChI is InChI=1S/C15H14N2O.C2H6/c1-11-5-4-8-17-10-14(16-15(11)17)12-6-3-7-13(9-12)18-2;1-2/h3-10H,1-2H3;1-2H3. The smallest absolute Gasteiger partial charge is 0.140 e. The zero-order valence-electron chi connectivity index (χ0n) is 12.4. The summed E-state index contributed by atoms with van der Waals surface area (Å²) in [5.74, 6) is 0.848. The summed E-state index contributed by atoms with van der Waals surface area (Å²) in [5, 5.41) is 0. The van der Waals surface area contributed by atoms with E-state index in [1.165, 1.54) is 5.56 Å². The number of imidazole rings is 1. The van der Waals surface area contributed by atoms with E-state index in [1.807, 2.05) is 61.0 Å². The van der Waals surface area contributed by atoms with E-state index in [9.17, 15) is 0 Å². The number of methoxy groups -OCH3 is 1. The monoisotopic (exact) mass is 268 g/mol.